The predicted molar refractivity (Wildman–Crippen MR) is 113 cm³/mol. The summed E-state index contributed by atoms with van der Waals surface area (Å²) in [4.78, 5) is 0. The molecule has 1 N–H and O–H groups in total. The summed E-state index contributed by atoms with van der Waals surface area (Å²) < 4.78 is 33.5. The Labute approximate surface area is 175 Å². The van der Waals surface area contributed by atoms with Gasteiger partial charge >= 0.3 is 0 Å². The fourth-order valence-electron chi connectivity index (χ4n) is 3.27. The van der Waals surface area contributed by atoms with E-state index in [0.29, 0.717) is 18.2 Å². The van der Waals surface area contributed by atoms with E-state index in [-0.39, 0.29) is 6.61 Å². The van der Waals surface area contributed by atoms with E-state index in [1.54, 1.807) is 0 Å². The van der Waals surface area contributed by atoms with Gasteiger partial charge in [0.1, 0.15) is 5.75 Å². The summed E-state index contributed by atoms with van der Waals surface area (Å²) in [5.74, 6) is 0.916. The highest BCUT2D eigenvalue weighted by Crippen LogP contribution is 2.29. The van der Waals surface area contributed by atoms with Gasteiger partial charge in [-0.25, -0.2) is 0 Å². The van der Waals surface area contributed by atoms with Crippen molar-refractivity contribution >= 4 is 27.4 Å². The van der Waals surface area contributed by atoms with Crippen molar-refractivity contribution in [3.8, 4) is 5.75 Å². The number of hydrogen-bond donors (Lipinski definition) is 1. The molecule has 0 bridgehead atoms. The van der Waals surface area contributed by atoms with Crippen molar-refractivity contribution in [3.63, 3.8) is 0 Å². The molecule has 0 saturated heterocycles. The summed E-state index contributed by atoms with van der Waals surface area (Å²) in [7, 11) is -3.53. The Balaban J connectivity index is 1.60. The lowest BCUT2D eigenvalue weighted by molar-refractivity contribution is 0.299. The van der Waals surface area contributed by atoms with Crippen LogP contribution < -0.4 is 10.2 Å². The lowest BCUT2D eigenvalue weighted by Gasteiger charge is -2.29. The van der Waals surface area contributed by atoms with Crippen molar-refractivity contribution in [2.45, 2.75) is 13.0 Å². The highest BCUT2D eigenvalue weighted by atomic mass is 35.5. The van der Waals surface area contributed by atoms with E-state index in [1.807, 2.05) is 53.7 Å². The molecule has 0 fully saturated rings. The van der Waals surface area contributed by atoms with E-state index in [4.69, 9.17) is 20.5 Å². The van der Waals surface area contributed by atoms with E-state index in [9.17, 15) is 8.42 Å². The molecule has 0 aromatic heterocycles. The number of nitrogens with zero attached hydrogens (tertiary/aromatic N) is 1. The van der Waals surface area contributed by atoms with Crippen LogP contribution in [0.5, 0.6) is 5.75 Å². The first-order chi connectivity index (χ1) is 13.9. The molecule has 2 aliphatic heterocycles. The molecule has 4 rings (SSSR count). The van der Waals surface area contributed by atoms with Crippen molar-refractivity contribution in [2.75, 3.05) is 19.5 Å². The lowest BCUT2D eigenvalue weighted by Crippen LogP contribution is -2.34. The van der Waals surface area contributed by atoms with Crippen LogP contribution in [0.2, 0.25) is 5.02 Å². The van der Waals surface area contributed by atoms with E-state index in [2.05, 4.69) is 11.5 Å². The normalized spacial score (nSPS) is 15.9. The van der Waals surface area contributed by atoms with Gasteiger partial charge in [-0.2, -0.15) is 8.42 Å². The smallest absolute Gasteiger partial charge is 0.264 e. The van der Waals surface area contributed by atoms with Crippen molar-refractivity contribution in [2.24, 2.45) is 0 Å². The number of halogens is 1. The average Bonchev–Trinajstić information content (AvgIpc) is 3.15. The van der Waals surface area contributed by atoms with Crippen LogP contribution in [0.1, 0.15) is 16.7 Å². The second-order valence-corrected chi connectivity index (χ2v) is 9.10. The molecule has 2 aromatic carbocycles. The maximum absolute atomic E-state index is 11.4. The number of benzene rings is 2. The second-order valence-electron chi connectivity index (χ2n) is 7.02. The highest BCUT2D eigenvalue weighted by molar-refractivity contribution is 7.86. The highest BCUT2D eigenvalue weighted by Gasteiger charge is 2.18. The van der Waals surface area contributed by atoms with E-state index in [0.717, 1.165) is 46.4 Å². The largest absolute Gasteiger partial charge is 0.493 e. The maximum Gasteiger partial charge on any atom is 0.264 e. The van der Waals surface area contributed by atoms with Gasteiger partial charge in [0.05, 0.1) is 31.7 Å². The van der Waals surface area contributed by atoms with Crippen molar-refractivity contribution in [3.05, 3.63) is 82.0 Å². The fourth-order valence-corrected chi connectivity index (χ4v) is 3.75. The summed E-state index contributed by atoms with van der Waals surface area (Å²) in [6.07, 6.45) is 5.68. The van der Waals surface area contributed by atoms with Gasteiger partial charge in [-0.05, 0) is 58.7 Å². The molecular formula is C21H21ClN2O4S. The average molecular weight is 433 g/mol. The zero-order valence-corrected chi connectivity index (χ0v) is 17.5. The third-order valence-electron chi connectivity index (χ3n) is 4.62. The van der Waals surface area contributed by atoms with Crippen LogP contribution in [0.15, 0.2) is 60.3 Å². The molecule has 8 heteroatoms. The topological polar surface area (TPSA) is 67.9 Å². The van der Waals surface area contributed by atoms with Crippen LogP contribution in [-0.2, 0) is 27.3 Å². The van der Waals surface area contributed by atoms with E-state index in [1.165, 1.54) is 0 Å². The molecule has 0 unspecified atom stereocenters. The number of nitrogens with one attached hydrogen (secondary N) is 1. The van der Waals surface area contributed by atoms with Crippen LogP contribution in [0.4, 0.5) is 0 Å². The van der Waals surface area contributed by atoms with Gasteiger partial charge in [-0.1, -0.05) is 23.7 Å². The van der Waals surface area contributed by atoms with Crippen LogP contribution in [-0.4, -0.2) is 32.9 Å². The summed E-state index contributed by atoms with van der Waals surface area (Å²) in [6, 6.07) is 13.6. The first-order valence-electron chi connectivity index (χ1n) is 9.16. The zero-order chi connectivity index (χ0) is 20.4. The number of hydrazine groups is 1. The van der Waals surface area contributed by atoms with Crippen LogP contribution >= 0.6 is 11.6 Å². The van der Waals surface area contributed by atoms with Crippen molar-refractivity contribution in [1.82, 2.24) is 10.4 Å². The Kier molecular flexibility index (Phi) is 5.54. The Morgan fingerprint density at radius 3 is 2.76 bits per heavy atom. The van der Waals surface area contributed by atoms with Gasteiger partial charge < -0.3 is 4.74 Å². The zero-order valence-electron chi connectivity index (χ0n) is 15.9. The molecule has 0 saturated carbocycles. The van der Waals surface area contributed by atoms with Crippen LogP contribution in [0.25, 0.3) is 5.70 Å². The number of ether oxygens (including phenoxy) is 1. The number of hydrogen-bond acceptors (Lipinski definition) is 6. The summed E-state index contributed by atoms with van der Waals surface area (Å²) in [5.41, 5.74) is 8.23. The van der Waals surface area contributed by atoms with Crippen molar-refractivity contribution < 1.29 is 17.3 Å². The molecule has 0 atom stereocenters. The summed E-state index contributed by atoms with van der Waals surface area (Å²) >= 11 is 5.98. The molecule has 0 aliphatic carbocycles. The monoisotopic (exact) mass is 432 g/mol. The van der Waals surface area contributed by atoms with Crippen LogP contribution in [0.3, 0.4) is 0 Å². The molecule has 2 heterocycles. The standard InChI is InChI=1S/C21H21ClN2O4S/c1-29(25,26)28-14-16-10-20(17-4-7-21-18(11-17)8-9-27-21)23-24(13-16)12-15-2-5-19(22)6-3-15/h2-7,10-11,13,23H,8-9,12,14H2,1H3. The fraction of sp³-hybridized carbons (Fsp3) is 0.238. The summed E-state index contributed by atoms with van der Waals surface area (Å²) in [6.45, 7) is 1.24. The van der Waals surface area contributed by atoms with Gasteiger partial charge in [0, 0.05) is 17.6 Å². The number of fused-ring (bicyclic) bond motifs is 1. The Morgan fingerprint density at radius 1 is 1.21 bits per heavy atom. The predicted octanol–water partition coefficient (Wildman–Crippen LogP) is 3.50. The van der Waals surface area contributed by atoms with Crippen LogP contribution in [0, 0.1) is 0 Å². The first kappa shape index (κ1) is 19.8. The van der Waals surface area contributed by atoms with E-state index >= 15 is 0 Å². The minimum Gasteiger partial charge on any atom is -0.493 e. The van der Waals surface area contributed by atoms with E-state index < -0.39 is 10.1 Å². The second kappa shape index (κ2) is 8.10. The molecule has 152 valence electrons. The molecule has 2 aromatic rings. The summed E-state index contributed by atoms with van der Waals surface area (Å²) in [5, 5.41) is 2.59. The molecule has 29 heavy (non-hydrogen) atoms. The van der Waals surface area contributed by atoms with Crippen molar-refractivity contribution in [1.29, 1.82) is 0 Å². The molecule has 0 radical (unpaired) electrons. The van der Waals surface area contributed by atoms with Gasteiger partial charge in [0.25, 0.3) is 10.1 Å². The first-order valence-corrected chi connectivity index (χ1v) is 11.4. The third-order valence-corrected chi connectivity index (χ3v) is 5.42. The quantitative estimate of drug-likeness (QED) is 0.705. The minimum atomic E-state index is -3.53. The van der Waals surface area contributed by atoms with Gasteiger partial charge in [-0.15, -0.1) is 0 Å². The Hall–Kier alpha value is -2.48. The van der Waals surface area contributed by atoms with Gasteiger partial charge in [0.15, 0.2) is 0 Å². The SMILES string of the molecule is CS(=O)(=O)OCC1=CN(Cc2ccc(Cl)cc2)NC(c2ccc3c(c2)CCO3)=C1. The third kappa shape index (κ3) is 5.12. The maximum atomic E-state index is 11.4. The Bertz CT molecular complexity index is 1080. The molecular weight excluding hydrogens is 412 g/mol. The molecule has 0 spiro atoms. The van der Waals surface area contributed by atoms with Gasteiger partial charge in [-0.3, -0.25) is 14.6 Å². The molecule has 6 nitrogen and oxygen atoms in total. The molecule has 2 aliphatic rings. The molecule has 0 amide bonds. The minimum absolute atomic E-state index is 0.0326. The Morgan fingerprint density at radius 2 is 2.00 bits per heavy atom. The van der Waals surface area contributed by atoms with Gasteiger partial charge in [0.2, 0.25) is 0 Å². The lowest BCUT2D eigenvalue weighted by atomic mass is 10.0. The number of rotatable bonds is 6.